The first-order valence-corrected chi connectivity index (χ1v) is 10.7. The number of hydrazine groups is 1. The zero-order chi connectivity index (χ0) is 20.2. The van der Waals surface area contributed by atoms with Crippen LogP contribution >= 0.6 is 0 Å². The van der Waals surface area contributed by atoms with Gasteiger partial charge in [0.15, 0.2) is 0 Å². The summed E-state index contributed by atoms with van der Waals surface area (Å²) in [6.07, 6.45) is 3.94. The molecule has 4 rings (SSSR count). The number of amides is 2. The van der Waals surface area contributed by atoms with Crippen LogP contribution in [0.5, 0.6) is 0 Å². The molecule has 0 aliphatic carbocycles. The molecule has 0 atom stereocenters. The predicted molar refractivity (Wildman–Crippen MR) is 115 cm³/mol. The summed E-state index contributed by atoms with van der Waals surface area (Å²) in [6, 6.07) is 18.2. The normalized spacial score (nSPS) is 18.7. The lowest BCUT2D eigenvalue weighted by Crippen LogP contribution is -2.53. The highest BCUT2D eigenvalue weighted by molar-refractivity contribution is 6.10. The molecule has 1 saturated heterocycles. The maximum atomic E-state index is 13.4. The van der Waals surface area contributed by atoms with Crippen LogP contribution in [0.4, 0.5) is 5.69 Å². The van der Waals surface area contributed by atoms with Crippen molar-refractivity contribution in [2.24, 2.45) is 0 Å². The molecule has 2 aromatic rings. The summed E-state index contributed by atoms with van der Waals surface area (Å²) in [5.41, 5.74) is 2.84. The Kier molecular flexibility index (Phi) is 5.95. The van der Waals surface area contributed by atoms with E-state index < -0.39 is 0 Å². The number of para-hydroxylation sites is 1. The lowest BCUT2D eigenvalue weighted by atomic mass is 9.90. The summed E-state index contributed by atoms with van der Waals surface area (Å²) in [5, 5.41) is 3.39. The van der Waals surface area contributed by atoms with Gasteiger partial charge in [-0.2, -0.15) is 0 Å². The van der Waals surface area contributed by atoms with Crippen LogP contribution in [0.3, 0.4) is 0 Å². The molecule has 29 heavy (non-hydrogen) atoms. The van der Waals surface area contributed by atoms with Crippen LogP contribution in [0.2, 0.25) is 0 Å². The minimum absolute atomic E-state index is 0.125. The Hall–Kier alpha value is -2.66. The van der Waals surface area contributed by atoms with Crippen molar-refractivity contribution in [3.63, 3.8) is 0 Å². The van der Waals surface area contributed by atoms with Crippen molar-refractivity contribution in [3.8, 4) is 0 Å². The van der Waals surface area contributed by atoms with Crippen molar-refractivity contribution < 1.29 is 9.59 Å². The van der Waals surface area contributed by atoms with Crippen molar-refractivity contribution in [2.45, 2.75) is 38.5 Å². The second-order valence-electron chi connectivity index (χ2n) is 7.94. The lowest BCUT2D eigenvalue weighted by molar-refractivity contribution is -0.142. The third-order valence-corrected chi connectivity index (χ3v) is 6.04. The van der Waals surface area contributed by atoms with Gasteiger partial charge in [-0.1, -0.05) is 55.8 Å². The Morgan fingerprint density at radius 1 is 0.931 bits per heavy atom. The Labute approximate surface area is 172 Å². The summed E-state index contributed by atoms with van der Waals surface area (Å²) in [6.45, 7) is 4.61. The van der Waals surface area contributed by atoms with E-state index in [1.807, 2.05) is 35.3 Å². The highest BCUT2D eigenvalue weighted by atomic mass is 16.2. The Morgan fingerprint density at radius 3 is 2.34 bits per heavy atom. The molecular formula is C24H29N3O2. The topological polar surface area (TPSA) is 43.9 Å². The van der Waals surface area contributed by atoms with Gasteiger partial charge >= 0.3 is 0 Å². The van der Waals surface area contributed by atoms with Crippen LogP contribution in [-0.2, 0) is 4.79 Å². The molecule has 2 amide bonds. The largest absolute Gasteiger partial charge is 0.361 e. The number of nitrogens with zero attached hydrogens (tertiary/aromatic N) is 3. The van der Waals surface area contributed by atoms with E-state index in [4.69, 9.17) is 0 Å². The molecule has 0 radical (unpaired) electrons. The van der Waals surface area contributed by atoms with Crippen molar-refractivity contribution in [2.75, 3.05) is 31.1 Å². The third kappa shape index (κ3) is 4.06. The Morgan fingerprint density at radius 2 is 1.62 bits per heavy atom. The summed E-state index contributed by atoms with van der Waals surface area (Å²) in [5.74, 6) is 0.168. The molecule has 152 valence electrons. The number of hydrogen-bond acceptors (Lipinski definition) is 4. The van der Waals surface area contributed by atoms with Gasteiger partial charge in [-0.15, -0.1) is 0 Å². The van der Waals surface area contributed by atoms with E-state index in [1.54, 1.807) is 0 Å². The molecule has 0 spiro atoms. The minimum Gasteiger partial charge on any atom is -0.361 e. The zero-order valence-electron chi connectivity index (χ0n) is 17.1. The molecule has 2 aromatic carbocycles. The van der Waals surface area contributed by atoms with Gasteiger partial charge in [0.1, 0.15) is 0 Å². The highest BCUT2D eigenvalue weighted by Crippen LogP contribution is 2.31. The summed E-state index contributed by atoms with van der Waals surface area (Å²) >= 11 is 0. The van der Waals surface area contributed by atoms with E-state index in [2.05, 4.69) is 36.1 Å². The van der Waals surface area contributed by atoms with Crippen LogP contribution in [-0.4, -0.2) is 48.0 Å². The molecule has 5 heteroatoms. The molecule has 2 heterocycles. The molecule has 0 aromatic heterocycles. The number of benzene rings is 2. The van der Waals surface area contributed by atoms with Gasteiger partial charge in [0.25, 0.3) is 11.8 Å². The fourth-order valence-corrected chi connectivity index (χ4v) is 4.43. The van der Waals surface area contributed by atoms with E-state index in [0.29, 0.717) is 24.6 Å². The van der Waals surface area contributed by atoms with Crippen molar-refractivity contribution in [1.82, 2.24) is 10.0 Å². The first kappa shape index (κ1) is 19.6. The quantitative estimate of drug-likeness (QED) is 0.721. The van der Waals surface area contributed by atoms with Gasteiger partial charge in [0.05, 0.1) is 17.8 Å². The fourth-order valence-electron chi connectivity index (χ4n) is 4.43. The lowest BCUT2D eigenvalue weighted by Gasteiger charge is -2.38. The van der Waals surface area contributed by atoms with Crippen molar-refractivity contribution in [1.29, 1.82) is 0 Å². The van der Waals surface area contributed by atoms with Crippen LogP contribution in [0, 0.1) is 0 Å². The molecule has 0 saturated carbocycles. The van der Waals surface area contributed by atoms with E-state index in [1.165, 1.54) is 10.6 Å². The monoisotopic (exact) mass is 391 g/mol. The van der Waals surface area contributed by atoms with E-state index >= 15 is 0 Å². The number of carbonyl (C=O) groups is 2. The van der Waals surface area contributed by atoms with E-state index in [9.17, 15) is 9.59 Å². The van der Waals surface area contributed by atoms with Gasteiger partial charge in [-0.3, -0.25) is 9.59 Å². The van der Waals surface area contributed by atoms with Gasteiger partial charge in [0.2, 0.25) is 0 Å². The fraction of sp³-hybridized carbons (Fsp3) is 0.417. The maximum absolute atomic E-state index is 13.4. The number of hydrogen-bond donors (Lipinski definition) is 0. The molecule has 0 bridgehead atoms. The second-order valence-corrected chi connectivity index (χ2v) is 7.94. The molecule has 0 unspecified atom stereocenters. The first-order chi connectivity index (χ1) is 14.2. The molecule has 2 aliphatic heterocycles. The Balaban J connectivity index is 1.54. The van der Waals surface area contributed by atoms with Crippen LogP contribution in [0.15, 0.2) is 54.6 Å². The summed E-state index contributed by atoms with van der Waals surface area (Å²) < 4.78 is 0. The number of imide groups is 1. The van der Waals surface area contributed by atoms with Crippen molar-refractivity contribution in [3.05, 3.63) is 65.7 Å². The van der Waals surface area contributed by atoms with Crippen LogP contribution in [0.25, 0.3) is 0 Å². The average Bonchev–Trinajstić information content (AvgIpc) is 2.87. The average molecular weight is 392 g/mol. The van der Waals surface area contributed by atoms with Gasteiger partial charge in [0, 0.05) is 19.6 Å². The third-order valence-electron chi connectivity index (χ3n) is 6.04. The summed E-state index contributed by atoms with van der Waals surface area (Å²) in [7, 11) is 0. The van der Waals surface area contributed by atoms with Crippen molar-refractivity contribution >= 4 is 17.5 Å². The summed E-state index contributed by atoms with van der Waals surface area (Å²) in [4.78, 5) is 28.6. The second kappa shape index (κ2) is 8.78. The predicted octanol–water partition coefficient (Wildman–Crippen LogP) is 4.07. The van der Waals surface area contributed by atoms with Gasteiger partial charge in [-0.05, 0) is 42.9 Å². The molecular weight excluding hydrogens is 362 g/mol. The highest BCUT2D eigenvalue weighted by Gasteiger charge is 2.37. The molecule has 5 nitrogen and oxygen atoms in total. The SMILES string of the molecule is CCCCN1CC(=O)N(N2CCC(c3ccccc3)CC2)C(=O)c2ccccc21. The maximum Gasteiger partial charge on any atom is 0.277 e. The van der Waals surface area contributed by atoms with E-state index in [-0.39, 0.29) is 18.4 Å². The van der Waals surface area contributed by atoms with Crippen LogP contribution < -0.4 is 4.90 Å². The number of piperidine rings is 1. The molecule has 1 fully saturated rings. The molecule has 2 aliphatic rings. The zero-order valence-corrected chi connectivity index (χ0v) is 17.1. The minimum atomic E-state index is -0.192. The number of rotatable bonds is 5. The molecule has 0 N–H and O–H groups in total. The standard InChI is InChI=1S/C24H29N3O2/c1-2-3-15-25-18-23(28)27(24(29)21-11-7-8-12-22(21)25)26-16-13-20(14-17-26)19-9-5-4-6-10-19/h4-12,20H,2-3,13-18H2,1H3. The Bertz CT molecular complexity index is 859. The smallest absolute Gasteiger partial charge is 0.277 e. The van der Waals surface area contributed by atoms with Crippen LogP contribution in [0.1, 0.15) is 54.4 Å². The number of unbranched alkanes of at least 4 members (excludes halogenated alkanes) is 1. The number of anilines is 1. The number of carbonyl (C=O) groups excluding carboxylic acids is 2. The van der Waals surface area contributed by atoms with Gasteiger partial charge < -0.3 is 4.90 Å². The van der Waals surface area contributed by atoms with Gasteiger partial charge in [-0.25, -0.2) is 10.0 Å². The van der Waals surface area contributed by atoms with E-state index in [0.717, 1.165) is 37.9 Å². The number of fused-ring (bicyclic) bond motifs is 1. The first-order valence-electron chi connectivity index (χ1n) is 10.7.